The van der Waals surface area contributed by atoms with Crippen LogP contribution in [0.5, 0.6) is 11.8 Å². The topological polar surface area (TPSA) is 243 Å². The van der Waals surface area contributed by atoms with Crippen molar-refractivity contribution >= 4 is 51.3 Å². The quantitative estimate of drug-likeness (QED) is 0.0380. The van der Waals surface area contributed by atoms with Gasteiger partial charge in [-0.25, -0.2) is 4.98 Å². The number of anilines is 2. The average molecular weight is 1140 g/mol. The molecule has 0 spiro atoms. The van der Waals surface area contributed by atoms with Gasteiger partial charge < -0.3 is 53.9 Å². The lowest BCUT2D eigenvalue weighted by molar-refractivity contribution is -0.134. The first-order valence-electron chi connectivity index (χ1n) is 28.5. The number of hydrogen-bond acceptors (Lipinski definition) is 19. The van der Waals surface area contributed by atoms with Gasteiger partial charge in [-0.1, -0.05) is 67.2 Å². The summed E-state index contributed by atoms with van der Waals surface area (Å²) in [4.78, 5) is 61.4. The zero-order valence-corrected chi connectivity index (χ0v) is 47.7. The number of aromatic nitrogens is 4. The molecule has 3 aromatic carbocycles. The number of ether oxygens (including phenoxy) is 4. The number of nitrogens with zero attached hydrogens (tertiary/aromatic N) is 8. The molecule has 10 rings (SSSR count). The number of imide groups is 1. The van der Waals surface area contributed by atoms with Gasteiger partial charge in [0.15, 0.2) is 0 Å². The second-order valence-electron chi connectivity index (χ2n) is 21.6. The van der Waals surface area contributed by atoms with Crippen LogP contribution in [0.15, 0.2) is 89.4 Å². The average Bonchev–Trinajstić information content (AvgIpc) is 3.81. The fraction of sp³-hybridized carbons (Fsp3) is 0.475. The third-order valence-corrected chi connectivity index (χ3v) is 17.1. The molecule has 0 saturated carbocycles. The zero-order chi connectivity index (χ0) is 57.1. The molecule has 0 aliphatic carbocycles. The summed E-state index contributed by atoms with van der Waals surface area (Å²) < 4.78 is 30.6. The third kappa shape index (κ3) is 13.8. The molecule has 0 radical (unpaired) electrons. The molecule has 432 valence electrons. The monoisotopic (exact) mass is 1140 g/mol. The van der Waals surface area contributed by atoms with Crippen LogP contribution in [-0.2, 0) is 43.2 Å². The highest BCUT2D eigenvalue weighted by atomic mass is 32.1. The number of hydrogen-bond donors (Lipinski definition) is 4. The van der Waals surface area contributed by atoms with Gasteiger partial charge in [0.2, 0.25) is 17.7 Å². The highest BCUT2D eigenvalue weighted by Gasteiger charge is 2.38. The summed E-state index contributed by atoms with van der Waals surface area (Å²) in [7, 11) is 0. The van der Waals surface area contributed by atoms with Gasteiger partial charge in [-0.2, -0.15) is 15.2 Å². The van der Waals surface area contributed by atoms with E-state index in [1.807, 2.05) is 25.1 Å². The summed E-state index contributed by atoms with van der Waals surface area (Å²) in [6.07, 6.45) is 4.39. The molecule has 3 saturated heterocycles. The lowest BCUT2D eigenvalue weighted by Crippen LogP contribution is -2.55. The Bertz CT molecular complexity index is 3240. The van der Waals surface area contributed by atoms with Gasteiger partial charge in [0.25, 0.3) is 0 Å². The van der Waals surface area contributed by atoms with E-state index in [-0.39, 0.29) is 49.3 Å². The Kier molecular flexibility index (Phi) is 19.2. The van der Waals surface area contributed by atoms with Gasteiger partial charge in [0.05, 0.1) is 97.2 Å². The summed E-state index contributed by atoms with van der Waals surface area (Å²) in [5, 5.41) is 37.2. The third-order valence-electron chi connectivity index (χ3n) is 16.1. The Hall–Kier alpha value is -7.32. The normalized spacial score (nSPS) is 20.0. The number of nitrogens with one attached hydrogen (secondary N) is 3. The van der Waals surface area contributed by atoms with E-state index in [1.165, 1.54) is 28.2 Å². The number of carbonyl (C=O) groups is 3. The van der Waals surface area contributed by atoms with E-state index >= 15 is 0 Å². The van der Waals surface area contributed by atoms with Crippen LogP contribution >= 0.6 is 11.3 Å². The number of aryl methyl sites for hydroxylation is 2. The fourth-order valence-electron chi connectivity index (χ4n) is 11.7. The number of rotatable bonds is 24. The lowest BCUT2D eigenvalue weighted by Gasteiger charge is -2.42. The molecule has 3 aromatic heterocycles. The van der Waals surface area contributed by atoms with E-state index in [2.05, 4.69) is 91.0 Å². The first-order valence-corrected chi connectivity index (χ1v) is 29.4. The minimum atomic E-state index is -1.03. The van der Waals surface area contributed by atoms with E-state index in [0.717, 1.165) is 76.7 Å². The number of carbonyl (C=O) groups excluding carboxylic acids is 3. The van der Waals surface area contributed by atoms with E-state index in [9.17, 15) is 24.8 Å². The minimum Gasteiger partial charge on any atom is -0.491 e. The van der Waals surface area contributed by atoms with Crippen LogP contribution in [0, 0.1) is 31.1 Å². The number of benzene rings is 3. The standard InChI is InChI=1S/C61H73N11O9S/c1-5-55(74)72-24-23-71(35-45(72)17-20-62)58-48-18-22-70(51-14-8-11-41-10-6-7-12-47(41)51)36-50(48)66-61(67-58)80-25-19-44-33-46(34-64-44)78-28-26-77-27-29-79-53-32-43(57-40(4)65-37-82-57)16-15-42(53)31-52(73)39(3)56(54-30-38(2)69-81-54)60(76)68-59(75)49-13-9-21-63-49/h5-8,10-12,14-16,30,32,37,39,44-46,49,52,56,63-64,73H,1,9,13,17-19,21-29,31,33-36H2,2-4H3,(H,68,75,76)/t39-,44+,45+,46-,49+,52+,56+/m1/s1. The number of thiazole rings is 1. The molecule has 4 aliphatic heterocycles. The number of piperazine rings is 1. The first kappa shape index (κ1) is 57.9. The summed E-state index contributed by atoms with van der Waals surface area (Å²) in [6, 6.07) is 24.3. The van der Waals surface area contributed by atoms with Crippen molar-refractivity contribution < 1.29 is 43.0 Å². The summed E-state index contributed by atoms with van der Waals surface area (Å²) in [5.74, 6) is -1.13. The first-order chi connectivity index (χ1) is 39.9. The molecular weight excluding hydrogens is 1060 g/mol. The maximum Gasteiger partial charge on any atom is 0.318 e. The Labute approximate surface area is 482 Å². The van der Waals surface area contributed by atoms with Crippen molar-refractivity contribution in [1.82, 2.24) is 41.0 Å². The number of aliphatic hydroxyl groups is 1. The number of amides is 3. The van der Waals surface area contributed by atoms with Crippen LogP contribution in [0.25, 0.3) is 21.2 Å². The van der Waals surface area contributed by atoms with Crippen LogP contribution in [0.1, 0.15) is 78.9 Å². The Morgan fingerprint density at radius 2 is 1.85 bits per heavy atom. The molecule has 4 N–H and O–H groups in total. The predicted octanol–water partition coefficient (Wildman–Crippen LogP) is 6.37. The molecule has 82 heavy (non-hydrogen) atoms. The highest BCUT2D eigenvalue weighted by molar-refractivity contribution is 7.13. The van der Waals surface area contributed by atoms with Gasteiger partial charge in [0.1, 0.15) is 29.9 Å². The SMILES string of the molecule is C=CC(=O)N1CCN(c2nc(OCC[C@H]3C[C@@H](OCCOCCOc4cc(-c5scnc5C)ccc4C[C@H](O)[C@@H](C)[C@H](C(=O)NC(=O)[C@@H]4CCCN4)c4cc(C)no4)CN3)nc3c2CCN(c2cccc4ccccc24)C3)C[C@@H]1CC#N. The predicted molar refractivity (Wildman–Crippen MR) is 311 cm³/mol. The molecule has 0 unspecified atom stereocenters. The van der Waals surface area contributed by atoms with Crippen molar-refractivity contribution in [1.29, 1.82) is 5.26 Å². The van der Waals surface area contributed by atoms with Gasteiger partial charge in [-0.15, -0.1) is 11.3 Å². The number of fused-ring (bicyclic) bond motifs is 2. The molecule has 7 atom stereocenters. The highest BCUT2D eigenvalue weighted by Crippen LogP contribution is 2.37. The summed E-state index contributed by atoms with van der Waals surface area (Å²) in [6.45, 7) is 15.1. The van der Waals surface area contributed by atoms with Crippen molar-refractivity contribution in [3.05, 3.63) is 119 Å². The second kappa shape index (κ2) is 27.2. The Balaban J connectivity index is 0.714. The molecule has 0 bridgehead atoms. The molecule has 7 heterocycles. The fourth-order valence-corrected chi connectivity index (χ4v) is 12.5. The Morgan fingerprint density at radius 1 is 1.00 bits per heavy atom. The van der Waals surface area contributed by atoms with Crippen molar-refractivity contribution in [2.24, 2.45) is 5.92 Å². The number of nitriles is 1. The second-order valence-corrected chi connectivity index (χ2v) is 22.5. The summed E-state index contributed by atoms with van der Waals surface area (Å²) >= 11 is 1.53. The van der Waals surface area contributed by atoms with Crippen LogP contribution in [0.3, 0.4) is 0 Å². The van der Waals surface area contributed by atoms with Crippen molar-refractivity contribution in [3.8, 4) is 28.3 Å². The molecule has 3 amide bonds. The van der Waals surface area contributed by atoms with Crippen molar-refractivity contribution in [2.45, 2.75) is 109 Å². The minimum absolute atomic E-state index is 0.00217. The van der Waals surface area contributed by atoms with Crippen LogP contribution in [0.2, 0.25) is 0 Å². The summed E-state index contributed by atoms with van der Waals surface area (Å²) in [5.41, 5.74) is 8.08. The van der Waals surface area contributed by atoms with Crippen molar-refractivity contribution in [3.63, 3.8) is 0 Å². The van der Waals surface area contributed by atoms with E-state index < -0.39 is 35.8 Å². The number of aliphatic hydroxyl groups excluding tert-OH is 1. The van der Waals surface area contributed by atoms with Gasteiger partial charge in [-0.3, -0.25) is 19.7 Å². The maximum atomic E-state index is 13.8. The van der Waals surface area contributed by atoms with Gasteiger partial charge in [0, 0.05) is 73.8 Å². The van der Waals surface area contributed by atoms with Crippen LogP contribution in [0.4, 0.5) is 11.5 Å². The molecular formula is C61H73N11O9S. The molecule has 6 aromatic rings. The van der Waals surface area contributed by atoms with Crippen LogP contribution < -0.4 is 35.2 Å². The maximum absolute atomic E-state index is 13.8. The van der Waals surface area contributed by atoms with Gasteiger partial charge >= 0.3 is 6.01 Å². The largest absolute Gasteiger partial charge is 0.491 e. The van der Waals surface area contributed by atoms with E-state index in [4.69, 9.17) is 33.4 Å². The van der Waals surface area contributed by atoms with E-state index in [1.54, 1.807) is 30.3 Å². The molecule has 3 fully saturated rings. The van der Waals surface area contributed by atoms with Crippen molar-refractivity contribution in [2.75, 3.05) is 82.1 Å². The molecule has 20 nitrogen and oxygen atoms in total. The molecule has 21 heteroatoms. The van der Waals surface area contributed by atoms with E-state index in [0.29, 0.717) is 89.6 Å². The molecule has 4 aliphatic rings. The lowest BCUT2D eigenvalue weighted by atomic mass is 9.83. The van der Waals surface area contributed by atoms with Gasteiger partial charge in [-0.05, 0) is 87.2 Å². The smallest absolute Gasteiger partial charge is 0.318 e. The Morgan fingerprint density at radius 3 is 2.65 bits per heavy atom. The van der Waals surface area contributed by atoms with Crippen LogP contribution in [-0.4, -0.2) is 150 Å². The zero-order valence-electron chi connectivity index (χ0n) is 46.9.